The van der Waals surface area contributed by atoms with Gasteiger partial charge in [-0.3, -0.25) is 0 Å². The molecule has 0 saturated carbocycles. The smallest absolute Gasteiger partial charge is 0.199 e. The summed E-state index contributed by atoms with van der Waals surface area (Å²) in [5, 5.41) is 0.533. The minimum Gasteiger partial charge on any atom is -0.378 e. The van der Waals surface area contributed by atoms with Crippen LogP contribution in [0.15, 0.2) is 59.6 Å². The third-order valence-corrected chi connectivity index (χ3v) is 3.79. The van der Waals surface area contributed by atoms with Gasteiger partial charge in [0.05, 0.1) is 18.9 Å². The Kier molecular flexibility index (Phi) is 4.53. The minimum absolute atomic E-state index is 0.533. The van der Waals surface area contributed by atoms with E-state index in [2.05, 4.69) is 29.3 Å². The summed E-state index contributed by atoms with van der Waals surface area (Å²) >= 11 is 6.27. The van der Waals surface area contributed by atoms with E-state index in [1.807, 2.05) is 35.2 Å². The third kappa shape index (κ3) is 3.63. The van der Waals surface area contributed by atoms with Crippen LogP contribution < -0.4 is 0 Å². The van der Waals surface area contributed by atoms with Gasteiger partial charge in [-0.1, -0.05) is 42.5 Å². The fraction of sp³-hybridized carbons (Fsp3) is 0.235. The number of hydrogen-bond acceptors (Lipinski definition) is 2. The zero-order valence-electron chi connectivity index (χ0n) is 11.7. The van der Waals surface area contributed by atoms with E-state index < -0.39 is 0 Å². The lowest BCUT2D eigenvalue weighted by atomic mass is 10.1. The van der Waals surface area contributed by atoms with E-state index in [0.717, 1.165) is 18.8 Å². The van der Waals surface area contributed by atoms with Gasteiger partial charge in [0, 0.05) is 13.1 Å². The zero-order chi connectivity index (χ0) is 14.5. The lowest BCUT2D eigenvalue weighted by molar-refractivity contribution is 0.0692. The molecule has 0 spiro atoms. The van der Waals surface area contributed by atoms with Crippen LogP contribution >= 0.6 is 11.6 Å². The maximum Gasteiger partial charge on any atom is 0.199 e. The molecule has 0 atom stereocenters. The molecule has 0 aliphatic carbocycles. The van der Waals surface area contributed by atoms with Crippen molar-refractivity contribution in [3.05, 3.63) is 54.6 Å². The molecule has 3 nitrogen and oxygen atoms in total. The van der Waals surface area contributed by atoms with Crippen LogP contribution in [-0.4, -0.2) is 36.5 Å². The molecule has 0 aromatic heterocycles. The Morgan fingerprint density at radius 3 is 2.19 bits per heavy atom. The molecule has 0 bridgehead atoms. The predicted octanol–water partition coefficient (Wildman–Crippen LogP) is 3.91. The van der Waals surface area contributed by atoms with Gasteiger partial charge in [0.15, 0.2) is 5.29 Å². The van der Waals surface area contributed by atoms with Gasteiger partial charge < -0.3 is 9.64 Å². The third-order valence-electron chi connectivity index (χ3n) is 3.47. The highest BCUT2D eigenvalue weighted by Gasteiger charge is 2.13. The number of hydrogen-bond donors (Lipinski definition) is 0. The fourth-order valence-corrected chi connectivity index (χ4v) is 2.55. The van der Waals surface area contributed by atoms with E-state index in [1.165, 1.54) is 11.1 Å². The van der Waals surface area contributed by atoms with Gasteiger partial charge in [0.25, 0.3) is 0 Å². The van der Waals surface area contributed by atoms with Gasteiger partial charge in [-0.05, 0) is 34.9 Å². The van der Waals surface area contributed by atoms with Crippen LogP contribution in [0.4, 0.5) is 5.69 Å². The average Bonchev–Trinajstić information content (AvgIpc) is 2.57. The Morgan fingerprint density at radius 2 is 1.52 bits per heavy atom. The van der Waals surface area contributed by atoms with Crippen molar-refractivity contribution in [1.82, 2.24) is 4.90 Å². The molecule has 2 aromatic rings. The Hall–Kier alpha value is -1.84. The summed E-state index contributed by atoms with van der Waals surface area (Å²) in [6.45, 7) is 3.01. The number of halogens is 1. The number of morpholine rings is 1. The van der Waals surface area contributed by atoms with Crippen LogP contribution in [0.5, 0.6) is 0 Å². The van der Waals surface area contributed by atoms with Crippen molar-refractivity contribution in [1.29, 1.82) is 0 Å². The van der Waals surface area contributed by atoms with Gasteiger partial charge >= 0.3 is 0 Å². The van der Waals surface area contributed by atoms with E-state index in [1.54, 1.807) is 0 Å². The molecule has 1 aliphatic heterocycles. The van der Waals surface area contributed by atoms with Gasteiger partial charge in [-0.2, -0.15) is 0 Å². The Labute approximate surface area is 129 Å². The number of ether oxygens (including phenoxy) is 1. The average molecular weight is 301 g/mol. The summed E-state index contributed by atoms with van der Waals surface area (Å²) in [4.78, 5) is 6.51. The van der Waals surface area contributed by atoms with Crippen molar-refractivity contribution >= 4 is 22.6 Å². The van der Waals surface area contributed by atoms with Crippen LogP contribution in [0, 0.1) is 0 Å². The van der Waals surface area contributed by atoms with Gasteiger partial charge in [-0.25, -0.2) is 4.99 Å². The molecule has 1 saturated heterocycles. The molecule has 1 fully saturated rings. The lowest BCUT2D eigenvalue weighted by Gasteiger charge is -2.26. The zero-order valence-corrected chi connectivity index (χ0v) is 12.5. The molecule has 1 heterocycles. The molecular weight excluding hydrogens is 284 g/mol. The van der Waals surface area contributed by atoms with Crippen LogP contribution in [-0.2, 0) is 4.74 Å². The molecule has 0 unspecified atom stereocenters. The highest BCUT2D eigenvalue weighted by Crippen LogP contribution is 2.23. The van der Waals surface area contributed by atoms with E-state index in [-0.39, 0.29) is 0 Å². The quantitative estimate of drug-likeness (QED) is 0.477. The van der Waals surface area contributed by atoms with Gasteiger partial charge in [0.2, 0.25) is 0 Å². The summed E-state index contributed by atoms with van der Waals surface area (Å²) in [7, 11) is 0. The standard InChI is InChI=1S/C17H17ClN2O/c18-17(20-10-12-21-13-11-20)19-16-8-6-15(7-9-16)14-4-2-1-3-5-14/h1-9H,10-13H2/b19-17+. The van der Waals surface area contributed by atoms with E-state index >= 15 is 0 Å². The van der Waals surface area contributed by atoms with Crippen LogP contribution in [0.3, 0.4) is 0 Å². The predicted molar refractivity (Wildman–Crippen MR) is 87.2 cm³/mol. The van der Waals surface area contributed by atoms with Crippen molar-refractivity contribution in [2.24, 2.45) is 4.99 Å². The highest BCUT2D eigenvalue weighted by atomic mass is 35.5. The molecule has 2 aromatic carbocycles. The number of rotatable bonds is 2. The first-order chi connectivity index (χ1) is 10.3. The largest absolute Gasteiger partial charge is 0.378 e. The number of amidine groups is 1. The maximum absolute atomic E-state index is 6.27. The number of nitrogens with zero attached hydrogens (tertiary/aromatic N) is 2. The molecule has 0 radical (unpaired) electrons. The van der Waals surface area contributed by atoms with Crippen molar-refractivity contribution in [2.45, 2.75) is 0 Å². The SMILES string of the molecule is Cl/C(=N\c1ccc(-c2ccccc2)cc1)N1CCOCC1. The Morgan fingerprint density at radius 1 is 0.905 bits per heavy atom. The Balaban J connectivity index is 1.75. The molecule has 0 amide bonds. The topological polar surface area (TPSA) is 24.8 Å². The first-order valence-electron chi connectivity index (χ1n) is 7.05. The second-order valence-corrected chi connectivity index (χ2v) is 5.23. The molecule has 3 rings (SSSR count). The minimum atomic E-state index is 0.533. The molecule has 21 heavy (non-hydrogen) atoms. The molecule has 4 heteroatoms. The van der Waals surface area contributed by atoms with E-state index in [0.29, 0.717) is 18.5 Å². The van der Waals surface area contributed by atoms with Crippen LogP contribution in [0.1, 0.15) is 0 Å². The maximum atomic E-state index is 6.27. The summed E-state index contributed by atoms with van der Waals surface area (Å²) in [5.74, 6) is 0. The summed E-state index contributed by atoms with van der Waals surface area (Å²) in [5.41, 5.74) is 3.25. The van der Waals surface area contributed by atoms with Crippen molar-refractivity contribution in [3.8, 4) is 11.1 Å². The fourth-order valence-electron chi connectivity index (χ4n) is 2.28. The number of benzene rings is 2. The lowest BCUT2D eigenvalue weighted by Crippen LogP contribution is -2.38. The first-order valence-corrected chi connectivity index (χ1v) is 7.43. The second kappa shape index (κ2) is 6.74. The molecular formula is C17H17ClN2O. The van der Waals surface area contributed by atoms with Crippen molar-refractivity contribution in [3.63, 3.8) is 0 Å². The normalized spacial score (nSPS) is 16.0. The van der Waals surface area contributed by atoms with Gasteiger partial charge in [0.1, 0.15) is 0 Å². The summed E-state index contributed by atoms with van der Waals surface area (Å²) in [6, 6.07) is 18.4. The first kappa shape index (κ1) is 14.1. The monoisotopic (exact) mass is 300 g/mol. The second-order valence-electron chi connectivity index (χ2n) is 4.89. The molecule has 108 valence electrons. The van der Waals surface area contributed by atoms with E-state index in [4.69, 9.17) is 16.3 Å². The van der Waals surface area contributed by atoms with Crippen LogP contribution in [0.2, 0.25) is 0 Å². The van der Waals surface area contributed by atoms with Crippen molar-refractivity contribution < 1.29 is 4.74 Å². The Bertz CT molecular complexity index is 604. The molecule has 0 N–H and O–H groups in total. The van der Waals surface area contributed by atoms with Crippen LogP contribution in [0.25, 0.3) is 11.1 Å². The van der Waals surface area contributed by atoms with Gasteiger partial charge in [-0.15, -0.1) is 0 Å². The van der Waals surface area contributed by atoms with Crippen molar-refractivity contribution in [2.75, 3.05) is 26.3 Å². The van der Waals surface area contributed by atoms with E-state index in [9.17, 15) is 0 Å². The highest BCUT2D eigenvalue weighted by molar-refractivity contribution is 6.64. The summed E-state index contributed by atoms with van der Waals surface area (Å²) in [6.07, 6.45) is 0. The summed E-state index contributed by atoms with van der Waals surface area (Å²) < 4.78 is 5.31. The number of aliphatic imine (C=N–C) groups is 1. The molecule has 1 aliphatic rings.